The highest BCUT2D eigenvalue weighted by Crippen LogP contribution is 2.27. The minimum Gasteiger partial charge on any atom is -0.497 e. The smallest absolute Gasteiger partial charge is 0.227 e. The van der Waals surface area contributed by atoms with Crippen LogP contribution in [-0.4, -0.2) is 52.3 Å². The van der Waals surface area contributed by atoms with E-state index in [4.69, 9.17) is 9.47 Å². The second-order valence-electron chi connectivity index (χ2n) is 6.98. The van der Waals surface area contributed by atoms with Gasteiger partial charge in [0.05, 0.1) is 13.7 Å². The fraction of sp³-hybridized carbons (Fsp3) is 0.391. The molecule has 31 heavy (non-hydrogen) atoms. The molecular weight excluding hydrogens is 507 g/mol. The number of aliphatic imine (C=N–C) groups is 1. The molecule has 8 heteroatoms. The van der Waals surface area contributed by atoms with Gasteiger partial charge in [-0.2, -0.15) is 0 Å². The number of benzene rings is 2. The molecular formula is C23H31IN4O3. The minimum atomic E-state index is 0. The van der Waals surface area contributed by atoms with Crippen LogP contribution < -0.4 is 25.0 Å². The fourth-order valence-corrected chi connectivity index (χ4v) is 3.41. The molecule has 0 atom stereocenters. The van der Waals surface area contributed by atoms with E-state index in [2.05, 4.69) is 21.7 Å². The molecule has 168 valence electrons. The molecule has 0 radical (unpaired) electrons. The van der Waals surface area contributed by atoms with Crippen molar-refractivity contribution < 1.29 is 14.3 Å². The Balaban J connectivity index is 0.00000341. The summed E-state index contributed by atoms with van der Waals surface area (Å²) >= 11 is 0. The van der Waals surface area contributed by atoms with Gasteiger partial charge in [-0.1, -0.05) is 18.2 Å². The van der Waals surface area contributed by atoms with Crippen molar-refractivity contribution in [1.29, 1.82) is 0 Å². The largest absolute Gasteiger partial charge is 0.497 e. The van der Waals surface area contributed by atoms with Crippen LogP contribution in [0.15, 0.2) is 53.5 Å². The summed E-state index contributed by atoms with van der Waals surface area (Å²) in [5.74, 6) is 2.48. The Hall–Kier alpha value is -2.49. The predicted molar refractivity (Wildman–Crippen MR) is 135 cm³/mol. The minimum absolute atomic E-state index is 0. The van der Waals surface area contributed by atoms with Crippen LogP contribution in [0.1, 0.15) is 18.4 Å². The number of halogens is 1. The highest BCUT2D eigenvalue weighted by atomic mass is 127. The predicted octanol–water partition coefficient (Wildman–Crippen LogP) is 3.23. The monoisotopic (exact) mass is 538 g/mol. The average Bonchev–Trinajstić information content (AvgIpc) is 3.22. The van der Waals surface area contributed by atoms with Crippen LogP contribution in [0.4, 0.5) is 5.69 Å². The van der Waals surface area contributed by atoms with Crippen molar-refractivity contribution in [1.82, 2.24) is 10.6 Å². The second-order valence-corrected chi connectivity index (χ2v) is 6.98. The van der Waals surface area contributed by atoms with Crippen molar-refractivity contribution in [2.24, 2.45) is 4.99 Å². The number of amides is 1. The molecule has 2 aromatic rings. The number of carbonyl (C=O) groups is 1. The van der Waals surface area contributed by atoms with Crippen molar-refractivity contribution in [3.63, 3.8) is 0 Å². The number of methoxy groups -OCH3 is 1. The summed E-state index contributed by atoms with van der Waals surface area (Å²) in [5, 5.41) is 6.46. The molecule has 0 saturated carbocycles. The van der Waals surface area contributed by atoms with Crippen LogP contribution in [0.5, 0.6) is 11.5 Å². The van der Waals surface area contributed by atoms with E-state index >= 15 is 0 Å². The van der Waals surface area contributed by atoms with E-state index in [-0.39, 0.29) is 29.9 Å². The van der Waals surface area contributed by atoms with Crippen LogP contribution in [0, 0.1) is 0 Å². The first-order valence-electron chi connectivity index (χ1n) is 10.3. The van der Waals surface area contributed by atoms with Crippen LogP contribution >= 0.6 is 24.0 Å². The lowest BCUT2D eigenvalue weighted by Crippen LogP contribution is -2.40. The number of nitrogens with zero attached hydrogens (tertiary/aromatic N) is 2. The number of para-hydroxylation sites is 1. The van der Waals surface area contributed by atoms with E-state index in [1.165, 1.54) is 5.56 Å². The Morgan fingerprint density at radius 3 is 2.52 bits per heavy atom. The van der Waals surface area contributed by atoms with Gasteiger partial charge in [0.1, 0.15) is 18.1 Å². The van der Waals surface area contributed by atoms with Crippen LogP contribution in [0.3, 0.4) is 0 Å². The molecule has 0 saturated heterocycles. The highest BCUT2D eigenvalue weighted by Gasteiger charge is 2.23. The summed E-state index contributed by atoms with van der Waals surface area (Å²) in [6, 6.07) is 15.6. The molecule has 3 rings (SSSR count). The highest BCUT2D eigenvalue weighted by molar-refractivity contribution is 14.0. The van der Waals surface area contributed by atoms with Gasteiger partial charge in [-0.05, 0) is 48.7 Å². The molecule has 0 unspecified atom stereocenters. The lowest BCUT2D eigenvalue weighted by molar-refractivity contribution is -0.118. The van der Waals surface area contributed by atoms with Gasteiger partial charge in [-0.3, -0.25) is 9.79 Å². The molecule has 1 aliphatic heterocycles. The van der Waals surface area contributed by atoms with Crippen LogP contribution in [0.25, 0.3) is 0 Å². The summed E-state index contributed by atoms with van der Waals surface area (Å²) in [6.07, 6.45) is 2.20. The topological polar surface area (TPSA) is 75.2 Å². The summed E-state index contributed by atoms with van der Waals surface area (Å²) in [6.45, 7) is 2.60. The third-order valence-corrected chi connectivity index (χ3v) is 4.99. The zero-order valence-electron chi connectivity index (χ0n) is 18.1. The molecule has 0 bridgehead atoms. The number of ether oxygens (including phenoxy) is 2. The Bertz CT molecular complexity index is 858. The van der Waals surface area contributed by atoms with Crippen molar-refractivity contribution >= 4 is 41.5 Å². The number of hydrogen-bond acceptors (Lipinski definition) is 4. The molecule has 1 aliphatic rings. The maximum absolute atomic E-state index is 12.5. The van der Waals surface area contributed by atoms with E-state index < -0.39 is 0 Å². The SMILES string of the molecule is CN=C(NCCCC(=O)N1CCc2ccccc21)NCCOc1ccc(OC)cc1.I. The first-order chi connectivity index (χ1) is 14.7. The number of carbonyl (C=O) groups excluding carboxylic acids is 1. The molecule has 2 aromatic carbocycles. The van der Waals surface area contributed by atoms with E-state index in [9.17, 15) is 4.79 Å². The second kappa shape index (κ2) is 13.0. The molecule has 7 nitrogen and oxygen atoms in total. The summed E-state index contributed by atoms with van der Waals surface area (Å²) in [7, 11) is 3.37. The zero-order valence-corrected chi connectivity index (χ0v) is 20.4. The first kappa shape index (κ1) is 24.8. The van der Waals surface area contributed by atoms with Crippen LogP contribution in [0.2, 0.25) is 0 Å². The average molecular weight is 538 g/mol. The van der Waals surface area contributed by atoms with Crippen molar-refractivity contribution in [3.05, 3.63) is 54.1 Å². The number of nitrogens with one attached hydrogen (secondary N) is 2. The van der Waals surface area contributed by atoms with Gasteiger partial charge in [0, 0.05) is 32.2 Å². The Morgan fingerprint density at radius 1 is 1.06 bits per heavy atom. The van der Waals surface area contributed by atoms with E-state index in [0.717, 1.165) is 36.6 Å². The lowest BCUT2D eigenvalue weighted by Gasteiger charge is -2.17. The number of guanidine groups is 1. The Labute approximate surface area is 201 Å². The van der Waals surface area contributed by atoms with E-state index in [0.29, 0.717) is 32.1 Å². The number of rotatable bonds is 9. The van der Waals surface area contributed by atoms with E-state index in [1.807, 2.05) is 47.4 Å². The normalized spacial score (nSPS) is 12.6. The van der Waals surface area contributed by atoms with Gasteiger partial charge < -0.3 is 25.0 Å². The van der Waals surface area contributed by atoms with Gasteiger partial charge in [-0.15, -0.1) is 24.0 Å². The lowest BCUT2D eigenvalue weighted by atomic mass is 10.2. The van der Waals surface area contributed by atoms with Gasteiger partial charge in [-0.25, -0.2) is 0 Å². The van der Waals surface area contributed by atoms with Crippen molar-refractivity contribution in [2.45, 2.75) is 19.3 Å². The third-order valence-electron chi connectivity index (χ3n) is 4.99. The summed E-state index contributed by atoms with van der Waals surface area (Å²) in [5.41, 5.74) is 2.32. The quantitative estimate of drug-likeness (QED) is 0.222. The van der Waals surface area contributed by atoms with Gasteiger partial charge >= 0.3 is 0 Å². The number of hydrogen-bond donors (Lipinski definition) is 2. The Kier molecular flexibility index (Phi) is 10.4. The Morgan fingerprint density at radius 2 is 1.77 bits per heavy atom. The zero-order chi connectivity index (χ0) is 21.2. The summed E-state index contributed by atoms with van der Waals surface area (Å²) in [4.78, 5) is 18.6. The maximum Gasteiger partial charge on any atom is 0.227 e. The molecule has 1 amide bonds. The number of fused-ring (bicyclic) bond motifs is 1. The molecule has 1 heterocycles. The van der Waals surface area contributed by atoms with Crippen molar-refractivity contribution in [3.8, 4) is 11.5 Å². The van der Waals surface area contributed by atoms with Gasteiger partial charge in [0.2, 0.25) is 5.91 Å². The van der Waals surface area contributed by atoms with Gasteiger partial charge in [0.15, 0.2) is 5.96 Å². The van der Waals surface area contributed by atoms with Gasteiger partial charge in [0.25, 0.3) is 0 Å². The molecule has 2 N–H and O–H groups in total. The first-order valence-corrected chi connectivity index (χ1v) is 10.3. The van der Waals surface area contributed by atoms with Crippen LogP contribution in [-0.2, 0) is 11.2 Å². The molecule has 0 aliphatic carbocycles. The third kappa shape index (κ3) is 7.30. The number of anilines is 1. The molecule has 0 fully saturated rings. The fourth-order valence-electron chi connectivity index (χ4n) is 3.41. The molecule has 0 spiro atoms. The van der Waals surface area contributed by atoms with Crippen molar-refractivity contribution in [2.75, 3.05) is 45.3 Å². The maximum atomic E-state index is 12.5. The van der Waals surface area contributed by atoms with E-state index in [1.54, 1.807) is 14.2 Å². The molecule has 0 aromatic heterocycles. The summed E-state index contributed by atoms with van der Waals surface area (Å²) < 4.78 is 10.8. The standard InChI is InChI=1S/C23H30N4O3.HI/c1-24-23(26-15-17-30-20-11-9-19(29-2)10-12-20)25-14-5-8-22(28)27-16-13-18-6-3-4-7-21(18)27;/h3-4,6-7,9-12H,5,8,13-17H2,1-2H3,(H2,24,25,26);1H.